The van der Waals surface area contributed by atoms with Crippen molar-refractivity contribution in [1.82, 2.24) is 15.1 Å². The lowest BCUT2D eigenvalue weighted by Gasteiger charge is -2.25. The molecule has 2 heterocycles. The quantitative estimate of drug-likeness (QED) is 0.900. The van der Waals surface area contributed by atoms with Crippen molar-refractivity contribution in [1.29, 1.82) is 0 Å². The lowest BCUT2D eigenvalue weighted by molar-refractivity contribution is -0.137. The van der Waals surface area contributed by atoms with Gasteiger partial charge in [-0.3, -0.25) is 4.68 Å². The summed E-state index contributed by atoms with van der Waals surface area (Å²) in [5, 5.41) is 7.98. The normalized spacial score (nSPS) is 29.4. The van der Waals surface area contributed by atoms with Gasteiger partial charge in [0.15, 0.2) is 5.79 Å². The highest BCUT2D eigenvalue weighted by Crippen LogP contribution is 2.29. The highest BCUT2D eigenvalue weighted by molar-refractivity contribution is 5.24. The van der Waals surface area contributed by atoms with Gasteiger partial charge in [-0.15, -0.1) is 0 Å². The molecule has 1 fully saturated rings. The van der Waals surface area contributed by atoms with E-state index in [1.54, 1.807) is 0 Å². The maximum Gasteiger partial charge on any atom is 0.163 e. The minimum atomic E-state index is -0.432. The minimum Gasteiger partial charge on any atom is -0.348 e. The average Bonchev–Trinajstić information content (AvgIpc) is 2.91. The fourth-order valence-electron chi connectivity index (χ4n) is 3.06. The lowest BCUT2D eigenvalue weighted by atomic mass is 9.93. The molecule has 0 bridgehead atoms. The zero-order valence-corrected chi connectivity index (χ0v) is 12.0. The Morgan fingerprint density at radius 1 is 1.53 bits per heavy atom. The van der Waals surface area contributed by atoms with E-state index in [0.717, 1.165) is 13.0 Å². The second-order valence-electron chi connectivity index (χ2n) is 5.97. The van der Waals surface area contributed by atoms with Crippen LogP contribution in [0.1, 0.15) is 44.0 Å². The van der Waals surface area contributed by atoms with Crippen LogP contribution in [0, 0.1) is 0 Å². The first kappa shape index (κ1) is 13.1. The molecule has 1 aliphatic heterocycles. The van der Waals surface area contributed by atoms with Gasteiger partial charge in [0.25, 0.3) is 0 Å². The summed E-state index contributed by atoms with van der Waals surface area (Å²) in [6, 6.07) is 0.407. The zero-order valence-electron chi connectivity index (χ0n) is 12.0. The molecule has 1 N–H and O–H groups in total. The number of ether oxygens (including phenoxy) is 2. The van der Waals surface area contributed by atoms with Crippen LogP contribution in [0.15, 0.2) is 6.20 Å². The molecule has 5 nitrogen and oxygen atoms in total. The van der Waals surface area contributed by atoms with Gasteiger partial charge in [-0.25, -0.2) is 0 Å². The maximum absolute atomic E-state index is 5.83. The van der Waals surface area contributed by atoms with E-state index in [2.05, 4.69) is 10.4 Å². The molecule has 2 aliphatic rings. The fourth-order valence-corrected chi connectivity index (χ4v) is 3.06. The monoisotopic (exact) mass is 265 g/mol. The number of aromatic nitrogens is 2. The Hall–Kier alpha value is -0.910. The van der Waals surface area contributed by atoms with Gasteiger partial charge >= 0.3 is 0 Å². The fraction of sp³-hybridized carbons (Fsp3) is 0.786. The summed E-state index contributed by atoms with van der Waals surface area (Å²) in [4.78, 5) is 0. The van der Waals surface area contributed by atoms with Crippen LogP contribution < -0.4 is 5.32 Å². The molecule has 5 heteroatoms. The third kappa shape index (κ3) is 2.68. The topological polar surface area (TPSA) is 48.3 Å². The second-order valence-corrected chi connectivity index (χ2v) is 5.97. The van der Waals surface area contributed by atoms with Crippen LogP contribution in [0.25, 0.3) is 0 Å². The third-order valence-electron chi connectivity index (χ3n) is 4.03. The Morgan fingerprint density at radius 2 is 2.37 bits per heavy atom. The van der Waals surface area contributed by atoms with Crippen molar-refractivity contribution in [2.24, 2.45) is 7.05 Å². The number of hydrogen-bond acceptors (Lipinski definition) is 4. The molecule has 0 amide bonds. The molecule has 0 aromatic carbocycles. The summed E-state index contributed by atoms with van der Waals surface area (Å²) in [7, 11) is 2.03. The van der Waals surface area contributed by atoms with E-state index in [4.69, 9.17) is 9.47 Å². The largest absolute Gasteiger partial charge is 0.348 e. The van der Waals surface area contributed by atoms with Crippen molar-refractivity contribution >= 4 is 0 Å². The molecule has 1 aliphatic carbocycles. The highest BCUT2D eigenvalue weighted by Gasteiger charge is 2.33. The van der Waals surface area contributed by atoms with Gasteiger partial charge in [0.05, 0.1) is 18.9 Å². The second kappa shape index (κ2) is 4.89. The van der Waals surface area contributed by atoms with Gasteiger partial charge in [0.1, 0.15) is 0 Å². The molecule has 2 atom stereocenters. The first-order valence-corrected chi connectivity index (χ1v) is 7.11. The van der Waals surface area contributed by atoms with E-state index >= 15 is 0 Å². The van der Waals surface area contributed by atoms with E-state index in [9.17, 15) is 0 Å². The third-order valence-corrected chi connectivity index (χ3v) is 4.03. The average molecular weight is 265 g/mol. The van der Waals surface area contributed by atoms with Crippen molar-refractivity contribution in [2.45, 2.75) is 51.0 Å². The summed E-state index contributed by atoms with van der Waals surface area (Å²) in [5.41, 5.74) is 2.72. The van der Waals surface area contributed by atoms with E-state index in [1.807, 2.05) is 31.8 Å². The van der Waals surface area contributed by atoms with E-state index < -0.39 is 5.79 Å². The van der Waals surface area contributed by atoms with Crippen LogP contribution in [0.4, 0.5) is 0 Å². The Morgan fingerprint density at radius 3 is 3.11 bits per heavy atom. The van der Waals surface area contributed by atoms with Crippen LogP contribution in [0.3, 0.4) is 0 Å². The molecule has 106 valence electrons. The van der Waals surface area contributed by atoms with Crippen LogP contribution in [0.5, 0.6) is 0 Å². The maximum atomic E-state index is 5.83. The number of nitrogens with one attached hydrogen (secondary N) is 1. The molecule has 19 heavy (non-hydrogen) atoms. The Labute approximate surface area is 114 Å². The predicted octanol–water partition coefficient (Wildman–Crippen LogP) is 1.54. The number of nitrogens with zero attached hydrogens (tertiary/aromatic N) is 2. The summed E-state index contributed by atoms with van der Waals surface area (Å²) in [5.74, 6) is -0.432. The van der Waals surface area contributed by atoms with Crippen LogP contribution in [-0.4, -0.2) is 34.8 Å². The molecule has 1 aromatic heterocycles. The summed E-state index contributed by atoms with van der Waals surface area (Å²) in [6.07, 6.45) is 5.69. The first-order chi connectivity index (χ1) is 9.05. The first-order valence-electron chi connectivity index (χ1n) is 7.11. The van der Waals surface area contributed by atoms with Gasteiger partial charge in [-0.1, -0.05) is 0 Å². The lowest BCUT2D eigenvalue weighted by Crippen LogP contribution is -2.34. The molecule has 0 saturated carbocycles. The Balaban J connectivity index is 1.60. The number of fused-ring (bicyclic) bond motifs is 1. The molecule has 0 spiro atoms. The van der Waals surface area contributed by atoms with Crippen molar-refractivity contribution in [3.63, 3.8) is 0 Å². The molecular weight excluding hydrogens is 242 g/mol. The van der Waals surface area contributed by atoms with Crippen molar-refractivity contribution < 1.29 is 9.47 Å². The van der Waals surface area contributed by atoms with E-state index in [1.165, 1.54) is 24.1 Å². The van der Waals surface area contributed by atoms with Gasteiger partial charge in [-0.2, -0.15) is 5.10 Å². The van der Waals surface area contributed by atoms with Crippen molar-refractivity contribution in [2.75, 3.05) is 13.2 Å². The zero-order chi connectivity index (χ0) is 13.5. The molecule has 2 unspecified atom stereocenters. The molecule has 1 saturated heterocycles. The van der Waals surface area contributed by atoms with E-state index in [-0.39, 0.29) is 6.10 Å². The van der Waals surface area contributed by atoms with E-state index in [0.29, 0.717) is 12.6 Å². The van der Waals surface area contributed by atoms with Crippen molar-refractivity contribution in [3.8, 4) is 0 Å². The summed E-state index contributed by atoms with van der Waals surface area (Å²) < 4.78 is 13.4. The van der Waals surface area contributed by atoms with Crippen LogP contribution in [-0.2, 0) is 22.9 Å². The summed E-state index contributed by atoms with van der Waals surface area (Å²) >= 11 is 0. The molecule has 1 aromatic rings. The number of aryl methyl sites for hydroxylation is 1. The smallest absolute Gasteiger partial charge is 0.163 e. The Bertz CT molecular complexity index is 456. The number of rotatable bonds is 3. The molecular formula is C14H23N3O2. The predicted molar refractivity (Wildman–Crippen MR) is 71.8 cm³/mol. The van der Waals surface area contributed by atoms with Crippen LogP contribution in [0.2, 0.25) is 0 Å². The van der Waals surface area contributed by atoms with Crippen molar-refractivity contribution in [3.05, 3.63) is 17.5 Å². The SMILES string of the molecule is Cn1ncc2c1CCCC2NCC1COC(C)(C)O1. The highest BCUT2D eigenvalue weighted by atomic mass is 16.7. The Kier molecular flexibility index (Phi) is 3.37. The standard InChI is InChI=1S/C14H23N3O2/c1-14(2)18-9-10(19-14)7-15-12-5-4-6-13-11(12)8-16-17(13)3/h8,10,12,15H,4-7,9H2,1-3H3. The minimum absolute atomic E-state index is 0.150. The number of hydrogen-bond donors (Lipinski definition) is 1. The molecule has 0 radical (unpaired) electrons. The van der Waals surface area contributed by atoms with Gasteiger partial charge in [0, 0.05) is 30.9 Å². The van der Waals surface area contributed by atoms with Gasteiger partial charge < -0.3 is 14.8 Å². The van der Waals surface area contributed by atoms with Gasteiger partial charge in [0.2, 0.25) is 0 Å². The van der Waals surface area contributed by atoms with Crippen LogP contribution >= 0.6 is 0 Å². The van der Waals surface area contributed by atoms with Gasteiger partial charge in [-0.05, 0) is 33.1 Å². The summed E-state index contributed by atoms with van der Waals surface area (Å²) in [6.45, 7) is 5.44. The molecule has 3 rings (SSSR count).